The third-order valence-electron chi connectivity index (χ3n) is 4.02. The van der Waals surface area contributed by atoms with Gasteiger partial charge in [0, 0.05) is 22.7 Å². The molecule has 25 heavy (non-hydrogen) atoms. The largest absolute Gasteiger partial charge is 0.322 e. The van der Waals surface area contributed by atoms with Crippen molar-refractivity contribution in [2.75, 3.05) is 5.32 Å². The lowest BCUT2D eigenvalue weighted by atomic mass is 10.1. The van der Waals surface area contributed by atoms with Crippen molar-refractivity contribution < 1.29 is 9.59 Å². The fourth-order valence-corrected chi connectivity index (χ4v) is 2.69. The SMILES string of the molecule is CC(=O)c1cccc(NC(=O)c2cc3cnn(C(C)C)c3nc2C)c1. The van der Waals surface area contributed by atoms with Crippen LogP contribution >= 0.6 is 0 Å². The summed E-state index contributed by atoms with van der Waals surface area (Å²) in [4.78, 5) is 28.7. The Morgan fingerprint density at radius 1 is 1.20 bits per heavy atom. The highest BCUT2D eigenvalue weighted by atomic mass is 16.1. The van der Waals surface area contributed by atoms with E-state index in [1.807, 2.05) is 18.5 Å². The topological polar surface area (TPSA) is 76.9 Å². The maximum absolute atomic E-state index is 12.6. The van der Waals surface area contributed by atoms with Gasteiger partial charge in [-0.1, -0.05) is 12.1 Å². The van der Waals surface area contributed by atoms with E-state index in [0.29, 0.717) is 22.5 Å². The van der Waals surface area contributed by atoms with E-state index in [9.17, 15) is 9.59 Å². The number of hydrogen-bond donors (Lipinski definition) is 1. The quantitative estimate of drug-likeness (QED) is 0.736. The Kier molecular flexibility index (Phi) is 4.35. The van der Waals surface area contributed by atoms with Gasteiger partial charge in [0.25, 0.3) is 5.91 Å². The van der Waals surface area contributed by atoms with Crippen LogP contribution in [0.2, 0.25) is 0 Å². The molecule has 1 amide bonds. The summed E-state index contributed by atoms with van der Waals surface area (Å²) < 4.78 is 1.83. The molecule has 1 aromatic carbocycles. The van der Waals surface area contributed by atoms with Crippen molar-refractivity contribution in [3.05, 3.63) is 53.3 Å². The number of Topliss-reactive ketones (excluding diaryl/α,β-unsaturated/α-hetero) is 1. The number of fused-ring (bicyclic) bond motifs is 1. The van der Waals surface area contributed by atoms with Gasteiger partial charge in [-0.25, -0.2) is 9.67 Å². The summed E-state index contributed by atoms with van der Waals surface area (Å²) in [5.41, 5.74) is 3.03. The average molecular weight is 336 g/mol. The smallest absolute Gasteiger partial charge is 0.257 e. The van der Waals surface area contributed by atoms with Crippen molar-refractivity contribution in [1.29, 1.82) is 0 Å². The first kappa shape index (κ1) is 16.8. The van der Waals surface area contributed by atoms with E-state index in [0.717, 1.165) is 11.0 Å². The molecule has 2 heterocycles. The van der Waals surface area contributed by atoms with Gasteiger partial charge in [0.05, 0.1) is 17.5 Å². The minimum atomic E-state index is -0.259. The number of carbonyl (C=O) groups is 2. The van der Waals surface area contributed by atoms with Crippen LogP contribution in [0.25, 0.3) is 11.0 Å². The molecule has 0 unspecified atom stereocenters. The first-order valence-electron chi connectivity index (χ1n) is 8.14. The monoisotopic (exact) mass is 336 g/mol. The molecule has 0 saturated carbocycles. The molecule has 3 aromatic rings. The van der Waals surface area contributed by atoms with Gasteiger partial charge in [-0.2, -0.15) is 5.10 Å². The maximum atomic E-state index is 12.6. The zero-order chi connectivity index (χ0) is 18.1. The van der Waals surface area contributed by atoms with E-state index in [1.165, 1.54) is 6.92 Å². The number of rotatable bonds is 4. The number of hydrogen-bond acceptors (Lipinski definition) is 4. The molecule has 3 rings (SSSR count). The lowest BCUT2D eigenvalue weighted by Gasteiger charge is -2.10. The molecule has 6 nitrogen and oxygen atoms in total. The number of nitrogens with one attached hydrogen (secondary N) is 1. The third-order valence-corrected chi connectivity index (χ3v) is 4.02. The molecule has 128 valence electrons. The molecule has 6 heteroatoms. The highest BCUT2D eigenvalue weighted by Crippen LogP contribution is 2.20. The highest BCUT2D eigenvalue weighted by Gasteiger charge is 2.15. The highest BCUT2D eigenvalue weighted by molar-refractivity contribution is 6.07. The lowest BCUT2D eigenvalue weighted by Crippen LogP contribution is -2.15. The first-order chi connectivity index (χ1) is 11.9. The summed E-state index contributed by atoms with van der Waals surface area (Å²) in [5, 5.41) is 7.99. The van der Waals surface area contributed by atoms with Gasteiger partial charge in [0.2, 0.25) is 0 Å². The number of anilines is 1. The second-order valence-corrected chi connectivity index (χ2v) is 6.31. The third kappa shape index (κ3) is 3.28. The summed E-state index contributed by atoms with van der Waals surface area (Å²) in [6, 6.07) is 8.87. The predicted octanol–water partition coefficient (Wildman–Crippen LogP) is 3.78. The Labute approximate surface area is 145 Å². The van der Waals surface area contributed by atoms with Gasteiger partial charge in [-0.05, 0) is 45.9 Å². The predicted molar refractivity (Wildman–Crippen MR) is 97.0 cm³/mol. The van der Waals surface area contributed by atoms with Crippen LogP contribution < -0.4 is 5.32 Å². The van der Waals surface area contributed by atoms with Gasteiger partial charge in [-0.15, -0.1) is 0 Å². The van der Waals surface area contributed by atoms with Crippen LogP contribution in [0.4, 0.5) is 5.69 Å². The van der Waals surface area contributed by atoms with Crippen molar-refractivity contribution in [2.24, 2.45) is 0 Å². The van der Waals surface area contributed by atoms with E-state index in [4.69, 9.17) is 0 Å². The van der Waals surface area contributed by atoms with Crippen molar-refractivity contribution in [3.8, 4) is 0 Å². The molecule has 2 aromatic heterocycles. The molecule has 0 fully saturated rings. The van der Waals surface area contributed by atoms with Gasteiger partial charge in [0.1, 0.15) is 0 Å². The van der Waals surface area contributed by atoms with Gasteiger partial charge in [0.15, 0.2) is 11.4 Å². The molecular formula is C19H20N4O2. The summed E-state index contributed by atoms with van der Waals surface area (Å²) in [6.45, 7) is 7.37. The maximum Gasteiger partial charge on any atom is 0.257 e. The molecule has 0 saturated heterocycles. The molecule has 0 aliphatic rings. The number of aromatic nitrogens is 3. The van der Waals surface area contributed by atoms with Crippen LogP contribution in [0.3, 0.4) is 0 Å². The van der Waals surface area contributed by atoms with Crippen LogP contribution in [0.5, 0.6) is 0 Å². The molecular weight excluding hydrogens is 316 g/mol. The number of pyridine rings is 1. The number of benzene rings is 1. The Morgan fingerprint density at radius 2 is 1.96 bits per heavy atom. The lowest BCUT2D eigenvalue weighted by molar-refractivity contribution is 0.101. The summed E-state index contributed by atoms with van der Waals surface area (Å²) >= 11 is 0. The van der Waals surface area contributed by atoms with Crippen LogP contribution in [-0.2, 0) is 0 Å². The van der Waals surface area contributed by atoms with Crippen molar-refractivity contribution in [3.63, 3.8) is 0 Å². The minimum Gasteiger partial charge on any atom is -0.322 e. The van der Waals surface area contributed by atoms with E-state index in [2.05, 4.69) is 15.4 Å². The van der Waals surface area contributed by atoms with E-state index in [-0.39, 0.29) is 17.7 Å². The van der Waals surface area contributed by atoms with Gasteiger partial charge < -0.3 is 5.32 Å². The van der Waals surface area contributed by atoms with Gasteiger partial charge in [-0.3, -0.25) is 9.59 Å². The van der Waals surface area contributed by atoms with Crippen LogP contribution in [0, 0.1) is 6.92 Å². The minimum absolute atomic E-state index is 0.0449. The molecule has 0 atom stereocenters. The standard InChI is InChI=1S/C19H20N4O2/c1-11(2)23-18-15(10-20-23)9-17(12(3)21-18)19(25)22-16-7-5-6-14(8-16)13(4)24/h5-11H,1-4H3,(H,22,25). The van der Waals surface area contributed by atoms with Gasteiger partial charge >= 0.3 is 0 Å². The molecule has 1 N–H and O–H groups in total. The summed E-state index contributed by atoms with van der Waals surface area (Å²) in [7, 11) is 0. The fourth-order valence-electron chi connectivity index (χ4n) is 2.69. The molecule has 0 radical (unpaired) electrons. The first-order valence-corrected chi connectivity index (χ1v) is 8.14. The van der Waals surface area contributed by atoms with E-state index < -0.39 is 0 Å². The fraction of sp³-hybridized carbons (Fsp3) is 0.263. The van der Waals surface area contributed by atoms with Crippen molar-refractivity contribution >= 4 is 28.4 Å². The molecule has 0 aliphatic heterocycles. The average Bonchev–Trinajstić information content (AvgIpc) is 2.97. The number of ketones is 1. The zero-order valence-corrected chi connectivity index (χ0v) is 14.7. The molecule has 0 aliphatic carbocycles. The second-order valence-electron chi connectivity index (χ2n) is 6.31. The number of amides is 1. The van der Waals surface area contributed by atoms with Crippen LogP contribution in [0.15, 0.2) is 36.5 Å². The number of carbonyl (C=O) groups excluding carboxylic acids is 2. The van der Waals surface area contributed by atoms with Crippen LogP contribution in [-0.4, -0.2) is 26.5 Å². The Morgan fingerprint density at radius 3 is 2.64 bits per heavy atom. The Balaban J connectivity index is 1.93. The summed E-state index contributed by atoms with van der Waals surface area (Å²) in [6.07, 6.45) is 1.72. The molecule has 0 bridgehead atoms. The van der Waals surface area contributed by atoms with E-state index >= 15 is 0 Å². The Hall–Kier alpha value is -3.02. The zero-order valence-electron chi connectivity index (χ0n) is 14.7. The normalized spacial score (nSPS) is 11.1. The Bertz CT molecular complexity index is 973. The summed E-state index contributed by atoms with van der Waals surface area (Å²) in [5.74, 6) is -0.304. The number of aryl methyl sites for hydroxylation is 1. The van der Waals surface area contributed by atoms with E-state index in [1.54, 1.807) is 43.5 Å². The second kappa shape index (κ2) is 6.47. The van der Waals surface area contributed by atoms with Crippen LogP contribution in [0.1, 0.15) is 53.2 Å². The molecule has 0 spiro atoms. The number of nitrogens with zero attached hydrogens (tertiary/aromatic N) is 3. The van der Waals surface area contributed by atoms with Crippen molar-refractivity contribution in [2.45, 2.75) is 33.7 Å². The van der Waals surface area contributed by atoms with Crippen molar-refractivity contribution in [1.82, 2.24) is 14.8 Å².